The normalized spacial score (nSPS) is 11.2. The highest BCUT2D eigenvalue weighted by Crippen LogP contribution is 2.16. The van der Waals surface area contributed by atoms with Crippen LogP contribution in [0.15, 0.2) is 9.59 Å². The van der Waals surface area contributed by atoms with Crippen molar-refractivity contribution in [2.45, 2.75) is 39.2 Å². The molecule has 116 valence electrons. The number of aryl methyl sites for hydroxylation is 2. The highest BCUT2D eigenvalue weighted by Gasteiger charge is 2.18. The molecular formula is C13H22N6O2. The first-order valence-corrected chi connectivity index (χ1v) is 7.15. The fraction of sp³-hybridized carbons (Fsp3) is 0.615. The average Bonchev–Trinajstić information content (AvgIpc) is 2.86. The first-order valence-electron chi connectivity index (χ1n) is 7.15. The summed E-state index contributed by atoms with van der Waals surface area (Å²) in [4.78, 5) is 28.6. The number of fused-ring (bicyclic) bond motifs is 1. The fourth-order valence-corrected chi connectivity index (χ4v) is 2.47. The lowest BCUT2D eigenvalue weighted by Gasteiger charge is -2.08. The van der Waals surface area contributed by atoms with Crippen LogP contribution in [-0.2, 0) is 20.6 Å². The SMILES string of the molecule is CCCCCCn1c(NN)nc2c1c(=O)n(C)c(=O)n2C. The van der Waals surface area contributed by atoms with Crippen LogP contribution < -0.4 is 22.5 Å². The Balaban J connectivity index is 2.58. The summed E-state index contributed by atoms with van der Waals surface area (Å²) < 4.78 is 4.21. The number of unbranched alkanes of at least 4 members (excludes halogenated alkanes) is 3. The molecule has 21 heavy (non-hydrogen) atoms. The third-order valence-electron chi connectivity index (χ3n) is 3.71. The molecule has 0 bridgehead atoms. The summed E-state index contributed by atoms with van der Waals surface area (Å²) in [6.07, 6.45) is 4.30. The van der Waals surface area contributed by atoms with Gasteiger partial charge in [-0.05, 0) is 6.42 Å². The van der Waals surface area contributed by atoms with E-state index >= 15 is 0 Å². The van der Waals surface area contributed by atoms with Crippen molar-refractivity contribution < 1.29 is 0 Å². The average molecular weight is 294 g/mol. The monoisotopic (exact) mass is 294 g/mol. The van der Waals surface area contributed by atoms with E-state index in [0.29, 0.717) is 23.7 Å². The molecule has 0 spiro atoms. The summed E-state index contributed by atoms with van der Waals surface area (Å²) in [5, 5.41) is 0. The Labute approximate surface area is 122 Å². The number of hydrazine groups is 1. The molecule has 2 aromatic heterocycles. The predicted molar refractivity (Wildman–Crippen MR) is 82.2 cm³/mol. The fourth-order valence-electron chi connectivity index (χ4n) is 2.47. The Morgan fingerprint density at radius 3 is 2.48 bits per heavy atom. The molecule has 0 unspecified atom stereocenters. The molecule has 2 heterocycles. The Kier molecular flexibility index (Phi) is 4.46. The van der Waals surface area contributed by atoms with Gasteiger partial charge in [0.15, 0.2) is 11.2 Å². The van der Waals surface area contributed by atoms with Gasteiger partial charge in [-0.2, -0.15) is 4.98 Å². The van der Waals surface area contributed by atoms with E-state index in [1.807, 2.05) is 0 Å². The number of imidazole rings is 1. The number of nitrogens with zero attached hydrogens (tertiary/aromatic N) is 4. The van der Waals surface area contributed by atoms with Gasteiger partial charge >= 0.3 is 5.69 Å². The van der Waals surface area contributed by atoms with Crippen LogP contribution in [0.5, 0.6) is 0 Å². The smallest absolute Gasteiger partial charge is 0.303 e. The number of hydrogen-bond donors (Lipinski definition) is 2. The molecule has 0 radical (unpaired) electrons. The number of nitrogen functional groups attached to an aromatic ring is 1. The van der Waals surface area contributed by atoms with Gasteiger partial charge < -0.3 is 4.57 Å². The molecule has 3 N–H and O–H groups in total. The van der Waals surface area contributed by atoms with Gasteiger partial charge in [-0.3, -0.25) is 19.4 Å². The van der Waals surface area contributed by atoms with Gasteiger partial charge in [0, 0.05) is 20.6 Å². The Morgan fingerprint density at radius 1 is 1.14 bits per heavy atom. The van der Waals surface area contributed by atoms with Crippen molar-refractivity contribution in [1.29, 1.82) is 0 Å². The minimum atomic E-state index is -0.397. The summed E-state index contributed by atoms with van der Waals surface area (Å²) in [5.41, 5.74) is 2.52. The van der Waals surface area contributed by atoms with E-state index in [4.69, 9.17) is 5.84 Å². The molecule has 8 nitrogen and oxygen atoms in total. The number of anilines is 1. The van der Waals surface area contributed by atoms with Crippen molar-refractivity contribution in [3.63, 3.8) is 0 Å². The summed E-state index contributed by atoms with van der Waals surface area (Å²) in [6, 6.07) is 0. The third kappa shape index (κ3) is 2.58. The molecule has 0 saturated carbocycles. The minimum absolute atomic E-state index is 0.349. The van der Waals surface area contributed by atoms with Gasteiger partial charge in [0.1, 0.15) is 0 Å². The van der Waals surface area contributed by atoms with Gasteiger partial charge in [0.05, 0.1) is 0 Å². The maximum absolute atomic E-state index is 12.4. The number of nitrogens with two attached hydrogens (primary N) is 1. The van der Waals surface area contributed by atoms with Crippen LogP contribution in [-0.4, -0.2) is 18.7 Å². The molecule has 0 aliphatic rings. The highest BCUT2D eigenvalue weighted by molar-refractivity contribution is 5.74. The van der Waals surface area contributed by atoms with Crippen LogP contribution in [0.3, 0.4) is 0 Å². The molecule has 2 aromatic rings. The second-order valence-electron chi connectivity index (χ2n) is 5.17. The van der Waals surface area contributed by atoms with Gasteiger partial charge in [-0.15, -0.1) is 0 Å². The van der Waals surface area contributed by atoms with Crippen LogP contribution in [0.25, 0.3) is 11.2 Å². The topological polar surface area (TPSA) is 99.9 Å². The summed E-state index contributed by atoms with van der Waals surface area (Å²) in [5.74, 6) is 5.89. The molecule has 0 aromatic carbocycles. The van der Waals surface area contributed by atoms with E-state index in [1.165, 1.54) is 11.6 Å². The van der Waals surface area contributed by atoms with E-state index in [2.05, 4.69) is 17.3 Å². The zero-order valence-corrected chi connectivity index (χ0v) is 12.7. The van der Waals surface area contributed by atoms with E-state index < -0.39 is 5.69 Å². The van der Waals surface area contributed by atoms with E-state index in [1.54, 1.807) is 11.6 Å². The second-order valence-corrected chi connectivity index (χ2v) is 5.17. The maximum atomic E-state index is 12.4. The molecule has 0 saturated heterocycles. The van der Waals surface area contributed by atoms with Gasteiger partial charge in [-0.25, -0.2) is 10.6 Å². The number of rotatable bonds is 6. The van der Waals surface area contributed by atoms with E-state index in [9.17, 15) is 9.59 Å². The van der Waals surface area contributed by atoms with Gasteiger partial charge in [0.25, 0.3) is 5.56 Å². The van der Waals surface area contributed by atoms with Crippen molar-refractivity contribution >= 4 is 17.1 Å². The van der Waals surface area contributed by atoms with Crippen LogP contribution >= 0.6 is 0 Å². The van der Waals surface area contributed by atoms with Gasteiger partial charge in [0.2, 0.25) is 5.95 Å². The van der Waals surface area contributed by atoms with E-state index in [-0.39, 0.29) is 5.56 Å². The minimum Gasteiger partial charge on any atom is -0.303 e. The van der Waals surface area contributed by atoms with Crippen molar-refractivity contribution in [3.8, 4) is 0 Å². The van der Waals surface area contributed by atoms with Crippen molar-refractivity contribution in [2.75, 3.05) is 5.43 Å². The largest absolute Gasteiger partial charge is 0.332 e. The Hall–Kier alpha value is -2.09. The first kappa shape index (κ1) is 15.3. The number of aromatic nitrogens is 4. The molecule has 0 fully saturated rings. The third-order valence-corrected chi connectivity index (χ3v) is 3.71. The first-order chi connectivity index (χ1) is 10.0. The van der Waals surface area contributed by atoms with Gasteiger partial charge in [-0.1, -0.05) is 26.2 Å². The standard InChI is InChI=1S/C13H22N6O2/c1-4-5-6-7-8-19-9-10(15-12(19)16-14)17(2)13(21)18(3)11(9)20/h4-8,14H2,1-3H3,(H,15,16). The summed E-state index contributed by atoms with van der Waals surface area (Å²) >= 11 is 0. The summed E-state index contributed by atoms with van der Waals surface area (Å²) in [7, 11) is 3.06. The lowest BCUT2D eigenvalue weighted by Crippen LogP contribution is -2.37. The molecule has 2 rings (SSSR count). The van der Waals surface area contributed by atoms with Crippen LogP contribution in [0.1, 0.15) is 32.6 Å². The highest BCUT2D eigenvalue weighted by atomic mass is 16.2. The van der Waals surface area contributed by atoms with Crippen molar-refractivity contribution in [3.05, 3.63) is 20.8 Å². The molecule has 0 atom stereocenters. The summed E-state index contributed by atoms with van der Waals surface area (Å²) in [6.45, 7) is 2.79. The lowest BCUT2D eigenvalue weighted by molar-refractivity contribution is 0.591. The van der Waals surface area contributed by atoms with Crippen molar-refractivity contribution in [1.82, 2.24) is 18.7 Å². The lowest BCUT2D eigenvalue weighted by atomic mass is 10.2. The van der Waals surface area contributed by atoms with Crippen LogP contribution in [0, 0.1) is 0 Å². The number of hydrogen-bond acceptors (Lipinski definition) is 5. The van der Waals surface area contributed by atoms with Crippen LogP contribution in [0.2, 0.25) is 0 Å². The second kappa shape index (κ2) is 6.13. The Morgan fingerprint density at radius 2 is 1.86 bits per heavy atom. The predicted octanol–water partition coefficient (Wildman–Crippen LogP) is 0.300. The van der Waals surface area contributed by atoms with Crippen molar-refractivity contribution in [2.24, 2.45) is 19.9 Å². The molecule has 0 aliphatic heterocycles. The molecular weight excluding hydrogens is 272 g/mol. The molecule has 0 aliphatic carbocycles. The molecule has 8 heteroatoms. The zero-order valence-electron chi connectivity index (χ0n) is 12.7. The Bertz CT molecular complexity index is 755. The van der Waals surface area contributed by atoms with E-state index in [0.717, 1.165) is 30.3 Å². The number of nitrogens with one attached hydrogen (secondary N) is 1. The van der Waals surface area contributed by atoms with Crippen LogP contribution in [0.4, 0.5) is 5.95 Å². The quantitative estimate of drug-likeness (QED) is 0.453. The zero-order chi connectivity index (χ0) is 15.6. The maximum Gasteiger partial charge on any atom is 0.332 e. The molecule has 0 amide bonds.